The number of rotatable bonds is 0. The van der Waals surface area contributed by atoms with E-state index in [2.05, 4.69) is 0 Å². The van der Waals surface area contributed by atoms with Gasteiger partial charge in [0.25, 0.3) is 0 Å². The summed E-state index contributed by atoms with van der Waals surface area (Å²) in [5.74, 6) is -2.10. The average molecular weight is 648 g/mol. The second kappa shape index (κ2) is 5.72. The second-order valence-electron chi connectivity index (χ2n) is 5.01. The Bertz CT molecular complexity index is 934. The van der Waals surface area contributed by atoms with Gasteiger partial charge < -0.3 is 15.3 Å². The van der Waals surface area contributed by atoms with Gasteiger partial charge in [0, 0.05) is 3.57 Å². The van der Waals surface area contributed by atoms with Crippen LogP contribution in [0.2, 0.25) is 0 Å². The molecule has 0 bridgehead atoms. The molecule has 0 heterocycles. The number of phenols is 3. The van der Waals surface area contributed by atoms with E-state index < -0.39 is 17.3 Å². The molecule has 0 fully saturated rings. The Morgan fingerprint density at radius 3 is 1.87 bits per heavy atom. The van der Waals surface area contributed by atoms with Crippen molar-refractivity contribution in [3.05, 3.63) is 44.6 Å². The highest BCUT2D eigenvalue weighted by atomic mass is 127. The normalized spacial score (nSPS) is 13.0. The van der Waals surface area contributed by atoms with Crippen LogP contribution in [0.4, 0.5) is 0 Å². The summed E-state index contributed by atoms with van der Waals surface area (Å²) in [5.41, 5.74) is 0.467. The van der Waals surface area contributed by atoms with Crippen LogP contribution >= 0.6 is 67.8 Å². The van der Waals surface area contributed by atoms with Gasteiger partial charge in [0.1, 0.15) is 17.2 Å². The van der Waals surface area contributed by atoms with E-state index in [4.69, 9.17) is 0 Å². The fourth-order valence-electron chi connectivity index (χ4n) is 2.57. The molecular formula is C15H7I3O5. The minimum Gasteiger partial charge on any atom is -0.507 e. The molecule has 0 saturated carbocycles. The van der Waals surface area contributed by atoms with E-state index in [1.54, 1.807) is 52.1 Å². The van der Waals surface area contributed by atoms with Crippen molar-refractivity contribution in [2.75, 3.05) is 0 Å². The van der Waals surface area contributed by atoms with Gasteiger partial charge in [-0.2, -0.15) is 0 Å². The molecule has 3 rings (SSSR count). The zero-order valence-electron chi connectivity index (χ0n) is 11.4. The summed E-state index contributed by atoms with van der Waals surface area (Å²) in [7, 11) is 0. The van der Waals surface area contributed by atoms with E-state index in [0.29, 0.717) is 9.13 Å². The lowest BCUT2D eigenvalue weighted by molar-refractivity contribution is 0.0972. The Morgan fingerprint density at radius 2 is 1.26 bits per heavy atom. The van der Waals surface area contributed by atoms with Gasteiger partial charge in [0.05, 0.1) is 29.4 Å². The average Bonchev–Trinajstić information content (AvgIpc) is 2.49. The molecule has 0 atom stereocenters. The molecule has 8 heteroatoms. The number of halogens is 3. The van der Waals surface area contributed by atoms with E-state index in [0.717, 1.165) is 0 Å². The molecular weight excluding hydrogens is 641 g/mol. The van der Waals surface area contributed by atoms with E-state index in [9.17, 15) is 24.9 Å². The Kier molecular flexibility index (Phi) is 4.28. The quantitative estimate of drug-likeness (QED) is 0.324. The molecule has 2 aromatic rings. The highest BCUT2D eigenvalue weighted by Crippen LogP contribution is 2.46. The number of aryl methyl sites for hydroxylation is 1. The lowest BCUT2D eigenvalue weighted by Crippen LogP contribution is -2.24. The maximum absolute atomic E-state index is 12.9. The lowest BCUT2D eigenvalue weighted by atomic mass is 9.82. The van der Waals surface area contributed by atoms with Gasteiger partial charge in [-0.25, -0.2) is 0 Å². The van der Waals surface area contributed by atoms with Crippen LogP contribution in [0.1, 0.15) is 37.4 Å². The van der Waals surface area contributed by atoms with E-state index in [1.807, 2.05) is 22.6 Å². The van der Waals surface area contributed by atoms with Crippen LogP contribution < -0.4 is 0 Å². The minimum atomic E-state index is -0.627. The van der Waals surface area contributed by atoms with Crippen molar-refractivity contribution in [1.82, 2.24) is 0 Å². The predicted molar refractivity (Wildman–Crippen MR) is 108 cm³/mol. The zero-order valence-corrected chi connectivity index (χ0v) is 17.8. The Balaban J connectivity index is 2.51. The summed E-state index contributed by atoms with van der Waals surface area (Å²) in [6, 6.07) is 1.42. The lowest BCUT2D eigenvalue weighted by Gasteiger charge is -2.23. The van der Waals surface area contributed by atoms with Gasteiger partial charge in [-0.15, -0.1) is 0 Å². The van der Waals surface area contributed by atoms with Crippen LogP contribution in [0.15, 0.2) is 6.07 Å². The van der Waals surface area contributed by atoms with Crippen LogP contribution in [-0.4, -0.2) is 26.9 Å². The number of aromatic hydroxyl groups is 3. The van der Waals surface area contributed by atoms with Gasteiger partial charge in [-0.3, -0.25) is 9.59 Å². The summed E-state index contributed by atoms with van der Waals surface area (Å²) in [4.78, 5) is 25.7. The SMILES string of the molecule is Cc1cc(O)c2c(c1I)C(=O)c1c(I)c(O)c(I)c(O)c1C2=O. The van der Waals surface area contributed by atoms with Crippen LogP contribution in [0.3, 0.4) is 0 Å². The molecule has 0 aromatic heterocycles. The third kappa shape index (κ3) is 2.27. The summed E-state index contributed by atoms with van der Waals surface area (Å²) in [6.07, 6.45) is 0. The van der Waals surface area contributed by atoms with Gasteiger partial charge >= 0.3 is 0 Å². The maximum Gasteiger partial charge on any atom is 0.202 e. The van der Waals surface area contributed by atoms with Crippen LogP contribution in [0.5, 0.6) is 17.2 Å². The number of hydrogen-bond acceptors (Lipinski definition) is 5. The Morgan fingerprint density at radius 1 is 0.739 bits per heavy atom. The number of fused-ring (bicyclic) bond motifs is 2. The molecule has 0 saturated heterocycles. The van der Waals surface area contributed by atoms with Crippen LogP contribution in [0.25, 0.3) is 0 Å². The van der Waals surface area contributed by atoms with E-state index in [-0.39, 0.29) is 40.9 Å². The van der Waals surface area contributed by atoms with Crippen LogP contribution in [0, 0.1) is 17.6 Å². The van der Waals surface area contributed by atoms with Crippen molar-refractivity contribution in [1.29, 1.82) is 0 Å². The molecule has 5 nitrogen and oxygen atoms in total. The summed E-state index contributed by atoms with van der Waals surface area (Å²) in [5, 5.41) is 30.5. The highest BCUT2D eigenvalue weighted by molar-refractivity contribution is 14.1. The fourth-order valence-corrected chi connectivity index (χ4v) is 5.08. The monoisotopic (exact) mass is 648 g/mol. The number of phenolic OH excluding ortho intramolecular Hbond substituents is 3. The number of hydrogen-bond donors (Lipinski definition) is 3. The second-order valence-corrected chi connectivity index (χ2v) is 8.25. The summed E-state index contributed by atoms with van der Waals surface area (Å²) >= 11 is 5.44. The molecule has 0 unspecified atom stereocenters. The molecule has 118 valence electrons. The first-order chi connectivity index (χ1) is 10.7. The van der Waals surface area contributed by atoms with Crippen LogP contribution in [-0.2, 0) is 0 Å². The van der Waals surface area contributed by atoms with Gasteiger partial charge in [-0.1, -0.05) is 0 Å². The largest absolute Gasteiger partial charge is 0.507 e. The third-order valence-electron chi connectivity index (χ3n) is 3.66. The molecule has 23 heavy (non-hydrogen) atoms. The molecule has 0 spiro atoms. The van der Waals surface area contributed by atoms with Crippen molar-refractivity contribution >= 4 is 79.3 Å². The Hall–Kier alpha value is -0.630. The molecule has 0 aliphatic heterocycles. The van der Waals surface area contributed by atoms with Gasteiger partial charge in [0.2, 0.25) is 5.78 Å². The molecule has 0 amide bonds. The molecule has 1 aliphatic rings. The first-order valence-corrected chi connectivity index (χ1v) is 9.46. The number of benzene rings is 2. The predicted octanol–water partition coefficient (Wildman–Crippen LogP) is 3.70. The van der Waals surface area contributed by atoms with Crippen molar-refractivity contribution in [2.24, 2.45) is 0 Å². The van der Waals surface area contributed by atoms with E-state index >= 15 is 0 Å². The number of carbonyl (C=O) groups excluding carboxylic acids is 2. The van der Waals surface area contributed by atoms with E-state index in [1.165, 1.54) is 6.07 Å². The van der Waals surface area contributed by atoms with Gasteiger partial charge in [0.15, 0.2) is 5.78 Å². The standard InChI is InChI=1S/C15H7I3O5/c1-3-2-4(19)5-6(9(3)16)13(21)7-8(12(5)20)14(22)11(18)15(23)10(7)17/h2,19,22-23H,1H3. The van der Waals surface area contributed by atoms with Crippen molar-refractivity contribution < 1.29 is 24.9 Å². The van der Waals surface area contributed by atoms with Crippen molar-refractivity contribution in [3.63, 3.8) is 0 Å². The Labute approximate surface area is 171 Å². The van der Waals surface area contributed by atoms with Crippen molar-refractivity contribution in [2.45, 2.75) is 6.92 Å². The van der Waals surface area contributed by atoms with Crippen molar-refractivity contribution in [3.8, 4) is 17.2 Å². The maximum atomic E-state index is 12.9. The molecule has 2 aromatic carbocycles. The molecule has 0 radical (unpaired) electrons. The summed E-state index contributed by atoms with van der Waals surface area (Å²) in [6.45, 7) is 1.73. The topological polar surface area (TPSA) is 94.8 Å². The zero-order chi connectivity index (χ0) is 17.2. The smallest absolute Gasteiger partial charge is 0.202 e. The molecule has 1 aliphatic carbocycles. The van der Waals surface area contributed by atoms with Gasteiger partial charge in [-0.05, 0) is 86.3 Å². The first kappa shape index (κ1) is 17.2. The third-order valence-corrected chi connectivity index (χ3v) is 7.13. The highest BCUT2D eigenvalue weighted by Gasteiger charge is 2.39. The number of ketones is 2. The molecule has 3 N–H and O–H groups in total. The first-order valence-electron chi connectivity index (χ1n) is 6.22. The summed E-state index contributed by atoms with van der Waals surface area (Å²) < 4.78 is 0.866. The fraction of sp³-hybridized carbons (Fsp3) is 0.0667. The minimum absolute atomic E-state index is 0.0265. The number of carbonyl (C=O) groups is 2.